The first-order chi connectivity index (χ1) is 8.26. The van der Waals surface area contributed by atoms with Gasteiger partial charge in [0.1, 0.15) is 5.76 Å². The summed E-state index contributed by atoms with van der Waals surface area (Å²) in [4.78, 5) is 0. The smallest absolute Gasteiger partial charge is 0.108 e. The van der Waals surface area contributed by atoms with Crippen molar-refractivity contribution in [2.75, 3.05) is 7.05 Å². The summed E-state index contributed by atoms with van der Waals surface area (Å²) in [5.74, 6) is 1.06. The Balaban J connectivity index is 2.36. The molecule has 1 atom stereocenters. The third-order valence-corrected chi connectivity index (χ3v) is 3.11. The average Bonchev–Trinajstić information content (AvgIpc) is 2.81. The van der Waals surface area contributed by atoms with Crippen molar-refractivity contribution in [2.24, 2.45) is 0 Å². The quantitative estimate of drug-likeness (QED) is 0.868. The number of nitrogens with one attached hydrogen (secondary N) is 1. The Morgan fingerprint density at radius 1 is 1.18 bits per heavy atom. The normalized spacial score (nSPS) is 12.6. The molecule has 0 radical (unpaired) electrons. The van der Waals surface area contributed by atoms with E-state index in [9.17, 15) is 0 Å². The topological polar surface area (TPSA) is 25.2 Å². The predicted molar refractivity (Wildman–Crippen MR) is 70.2 cm³/mol. The molecule has 0 aliphatic carbocycles. The number of hydrogen-bond acceptors (Lipinski definition) is 2. The molecule has 0 aliphatic rings. The van der Waals surface area contributed by atoms with Crippen molar-refractivity contribution in [3.8, 4) is 0 Å². The molecular weight excluding hydrogens is 210 g/mol. The van der Waals surface area contributed by atoms with E-state index in [4.69, 9.17) is 4.42 Å². The fraction of sp³-hybridized carbons (Fsp3) is 0.333. The van der Waals surface area contributed by atoms with Crippen LogP contribution in [0, 0.1) is 6.92 Å². The van der Waals surface area contributed by atoms with Crippen molar-refractivity contribution in [3.05, 3.63) is 59.0 Å². The highest BCUT2D eigenvalue weighted by atomic mass is 16.3. The summed E-state index contributed by atoms with van der Waals surface area (Å²) in [5.41, 5.74) is 3.79. The summed E-state index contributed by atoms with van der Waals surface area (Å²) in [5, 5.41) is 3.35. The van der Waals surface area contributed by atoms with Crippen LogP contribution in [0.15, 0.2) is 41.0 Å². The van der Waals surface area contributed by atoms with E-state index in [0.717, 1.165) is 12.2 Å². The second-order valence-electron chi connectivity index (χ2n) is 4.29. The zero-order valence-electron chi connectivity index (χ0n) is 10.7. The Hall–Kier alpha value is -1.54. The molecule has 1 N–H and O–H groups in total. The second-order valence-corrected chi connectivity index (χ2v) is 4.29. The van der Waals surface area contributed by atoms with Crippen LogP contribution in [0.3, 0.4) is 0 Å². The molecule has 0 fully saturated rings. The third-order valence-electron chi connectivity index (χ3n) is 3.11. The van der Waals surface area contributed by atoms with Crippen molar-refractivity contribution in [1.82, 2.24) is 5.32 Å². The highest BCUT2D eigenvalue weighted by molar-refractivity contribution is 5.34. The molecule has 2 rings (SSSR count). The maximum atomic E-state index is 5.50. The van der Waals surface area contributed by atoms with Gasteiger partial charge in [0.25, 0.3) is 0 Å². The molecule has 1 aromatic heterocycles. The predicted octanol–water partition coefficient (Wildman–Crippen LogP) is 3.46. The molecule has 2 heteroatoms. The number of benzene rings is 1. The van der Waals surface area contributed by atoms with Gasteiger partial charge in [-0.05, 0) is 25.6 Å². The van der Waals surface area contributed by atoms with Crippen LogP contribution < -0.4 is 5.32 Å². The molecule has 0 aliphatic heterocycles. The summed E-state index contributed by atoms with van der Waals surface area (Å²) in [7, 11) is 1.98. The first-order valence-corrected chi connectivity index (χ1v) is 6.06. The van der Waals surface area contributed by atoms with Crippen LogP contribution in [0.25, 0.3) is 0 Å². The summed E-state index contributed by atoms with van der Waals surface area (Å²) in [6.45, 7) is 4.22. The van der Waals surface area contributed by atoms with Crippen molar-refractivity contribution >= 4 is 0 Å². The van der Waals surface area contributed by atoms with Crippen molar-refractivity contribution in [1.29, 1.82) is 0 Å². The molecule has 0 amide bonds. The van der Waals surface area contributed by atoms with Gasteiger partial charge in [-0.1, -0.05) is 36.8 Å². The van der Waals surface area contributed by atoms with Gasteiger partial charge in [-0.3, -0.25) is 0 Å². The molecular formula is C15H19NO. The van der Waals surface area contributed by atoms with Gasteiger partial charge >= 0.3 is 0 Å². The van der Waals surface area contributed by atoms with Gasteiger partial charge in [0, 0.05) is 12.0 Å². The molecule has 2 aromatic rings. The molecule has 90 valence electrons. The maximum Gasteiger partial charge on any atom is 0.108 e. The van der Waals surface area contributed by atoms with E-state index in [-0.39, 0.29) is 6.04 Å². The zero-order valence-corrected chi connectivity index (χ0v) is 10.7. The SMILES string of the molecule is CCc1occc1C(NC)c1ccc(C)cc1. The Bertz CT molecular complexity index is 470. The number of furan rings is 1. The Labute approximate surface area is 103 Å². The van der Waals surface area contributed by atoms with Gasteiger partial charge in [0.15, 0.2) is 0 Å². The average molecular weight is 229 g/mol. The summed E-state index contributed by atoms with van der Waals surface area (Å²) < 4.78 is 5.50. The van der Waals surface area contributed by atoms with Crippen LogP contribution in [0.4, 0.5) is 0 Å². The monoisotopic (exact) mass is 229 g/mol. The largest absolute Gasteiger partial charge is 0.469 e. The van der Waals surface area contributed by atoms with Gasteiger partial charge in [-0.15, -0.1) is 0 Å². The van der Waals surface area contributed by atoms with E-state index in [1.165, 1.54) is 16.7 Å². The van der Waals surface area contributed by atoms with E-state index >= 15 is 0 Å². The van der Waals surface area contributed by atoms with Crippen LogP contribution in [-0.4, -0.2) is 7.05 Å². The lowest BCUT2D eigenvalue weighted by atomic mass is 9.97. The van der Waals surface area contributed by atoms with E-state index in [1.807, 2.05) is 7.05 Å². The fourth-order valence-electron chi connectivity index (χ4n) is 2.16. The summed E-state index contributed by atoms with van der Waals surface area (Å²) in [6.07, 6.45) is 2.69. The highest BCUT2D eigenvalue weighted by Crippen LogP contribution is 2.26. The lowest BCUT2D eigenvalue weighted by Crippen LogP contribution is -2.18. The van der Waals surface area contributed by atoms with Crippen LogP contribution in [0.5, 0.6) is 0 Å². The van der Waals surface area contributed by atoms with Crippen molar-refractivity contribution < 1.29 is 4.42 Å². The van der Waals surface area contributed by atoms with Crippen molar-refractivity contribution in [2.45, 2.75) is 26.3 Å². The Morgan fingerprint density at radius 3 is 2.47 bits per heavy atom. The van der Waals surface area contributed by atoms with Crippen LogP contribution in [0.2, 0.25) is 0 Å². The molecule has 17 heavy (non-hydrogen) atoms. The standard InChI is InChI=1S/C15H19NO/c1-4-14-13(9-10-17-14)15(16-3)12-7-5-11(2)6-8-12/h5-10,15-16H,4H2,1-3H3. The molecule has 2 nitrogen and oxygen atoms in total. The minimum absolute atomic E-state index is 0.212. The van der Waals surface area contributed by atoms with E-state index in [1.54, 1.807) is 6.26 Å². The second kappa shape index (κ2) is 5.19. The highest BCUT2D eigenvalue weighted by Gasteiger charge is 2.16. The van der Waals surface area contributed by atoms with Crippen LogP contribution >= 0.6 is 0 Å². The summed E-state index contributed by atoms with van der Waals surface area (Å²) in [6, 6.07) is 10.9. The van der Waals surface area contributed by atoms with E-state index in [2.05, 4.69) is 49.5 Å². The molecule has 0 spiro atoms. The maximum absolute atomic E-state index is 5.50. The van der Waals surface area contributed by atoms with Crippen LogP contribution in [-0.2, 0) is 6.42 Å². The van der Waals surface area contributed by atoms with Gasteiger partial charge in [0.2, 0.25) is 0 Å². The lowest BCUT2D eigenvalue weighted by Gasteiger charge is -2.16. The minimum atomic E-state index is 0.212. The molecule has 0 saturated heterocycles. The molecule has 1 unspecified atom stereocenters. The number of hydrogen-bond donors (Lipinski definition) is 1. The summed E-state index contributed by atoms with van der Waals surface area (Å²) >= 11 is 0. The first-order valence-electron chi connectivity index (χ1n) is 6.06. The fourth-order valence-corrected chi connectivity index (χ4v) is 2.16. The Kier molecular flexibility index (Phi) is 3.64. The molecule has 0 bridgehead atoms. The molecule has 0 saturated carbocycles. The van der Waals surface area contributed by atoms with Gasteiger partial charge in [0.05, 0.1) is 12.3 Å². The van der Waals surface area contributed by atoms with Crippen molar-refractivity contribution in [3.63, 3.8) is 0 Å². The number of aryl methyl sites for hydroxylation is 2. The van der Waals surface area contributed by atoms with Gasteiger partial charge in [-0.25, -0.2) is 0 Å². The van der Waals surface area contributed by atoms with Gasteiger partial charge in [-0.2, -0.15) is 0 Å². The third kappa shape index (κ3) is 2.42. The minimum Gasteiger partial charge on any atom is -0.469 e. The van der Waals surface area contributed by atoms with E-state index in [0.29, 0.717) is 0 Å². The van der Waals surface area contributed by atoms with Crippen LogP contribution in [0.1, 0.15) is 35.4 Å². The Morgan fingerprint density at radius 2 is 1.88 bits per heavy atom. The number of rotatable bonds is 4. The lowest BCUT2D eigenvalue weighted by molar-refractivity contribution is 0.505. The first kappa shape index (κ1) is 11.9. The van der Waals surface area contributed by atoms with Gasteiger partial charge < -0.3 is 9.73 Å². The molecule has 1 aromatic carbocycles. The zero-order chi connectivity index (χ0) is 12.3. The van der Waals surface area contributed by atoms with E-state index < -0.39 is 0 Å². The molecule has 1 heterocycles.